The van der Waals surface area contributed by atoms with Crippen molar-refractivity contribution in [3.05, 3.63) is 75.0 Å². The molecule has 0 aliphatic heterocycles. The number of aryl methyl sites for hydroxylation is 4. The Morgan fingerprint density at radius 2 is 1.52 bits per heavy atom. The largest absolute Gasteiger partial charge is 0.784 e. The number of hydrogen-bond acceptors (Lipinski definition) is 6. The molecule has 1 aliphatic rings. The van der Waals surface area contributed by atoms with E-state index in [4.69, 9.17) is 9.47 Å². The van der Waals surface area contributed by atoms with Gasteiger partial charge in [0.1, 0.15) is 11.6 Å². The zero-order chi connectivity index (χ0) is 24.2. The minimum absolute atomic E-state index is 0.109. The standard InChI is InChI=1S/C27H34NO5/c1-18-6-8-22(20(3)14-18)16-25(29)33-24-10-12-27(13-11-24,26(30)32-5)28(31)17-23-9-7-19(2)15-21(23)4/h6-9,14-15,24H,10-13,16-17H2,1-5H3/q-1. The molecule has 1 aliphatic carbocycles. The predicted molar refractivity (Wildman–Crippen MR) is 128 cm³/mol. The topological polar surface area (TPSA) is 78.9 Å². The maximum atomic E-state index is 13.3. The number of hydrogen-bond donors (Lipinski definition) is 0. The zero-order valence-electron chi connectivity index (χ0n) is 20.3. The summed E-state index contributed by atoms with van der Waals surface area (Å²) in [5, 5.41) is 14.1. The Hall–Kier alpha value is -2.70. The van der Waals surface area contributed by atoms with Gasteiger partial charge in [0.25, 0.3) is 0 Å². The molecule has 6 heteroatoms. The van der Waals surface area contributed by atoms with E-state index in [1.54, 1.807) is 0 Å². The molecule has 0 aromatic heterocycles. The molecule has 2 aromatic rings. The van der Waals surface area contributed by atoms with Gasteiger partial charge in [0, 0.05) is 6.54 Å². The number of methoxy groups -OCH3 is 1. The number of esters is 2. The van der Waals surface area contributed by atoms with Crippen LogP contribution in [0.2, 0.25) is 0 Å². The van der Waals surface area contributed by atoms with Crippen molar-refractivity contribution in [1.29, 1.82) is 0 Å². The Bertz CT molecular complexity index is 1010. The van der Waals surface area contributed by atoms with E-state index in [2.05, 4.69) is 0 Å². The van der Waals surface area contributed by atoms with Crippen molar-refractivity contribution in [2.45, 2.75) is 78.0 Å². The van der Waals surface area contributed by atoms with Crippen molar-refractivity contribution in [1.82, 2.24) is 5.06 Å². The van der Waals surface area contributed by atoms with Crippen molar-refractivity contribution in [3.63, 3.8) is 0 Å². The van der Waals surface area contributed by atoms with Crippen LogP contribution in [-0.2, 0) is 32.0 Å². The van der Waals surface area contributed by atoms with Crippen molar-refractivity contribution in [3.8, 4) is 0 Å². The molecule has 6 nitrogen and oxygen atoms in total. The lowest BCUT2D eigenvalue weighted by Crippen LogP contribution is -2.55. The highest BCUT2D eigenvalue weighted by Gasteiger charge is 2.44. The van der Waals surface area contributed by atoms with Gasteiger partial charge in [0.15, 0.2) is 0 Å². The number of carbonyl (C=O) groups excluding carboxylic acids is 2. The molecule has 0 heterocycles. The second kappa shape index (κ2) is 10.5. The van der Waals surface area contributed by atoms with Crippen LogP contribution in [0, 0.1) is 32.9 Å². The van der Waals surface area contributed by atoms with Gasteiger partial charge in [-0.15, -0.1) is 0 Å². The summed E-state index contributed by atoms with van der Waals surface area (Å²) in [5.41, 5.74) is 4.94. The van der Waals surface area contributed by atoms with Crippen LogP contribution in [0.25, 0.3) is 0 Å². The molecule has 0 unspecified atom stereocenters. The highest BCUT2D eigenvalue weighted by atomic mass is 16.6. The number of nitrogens with zero attached hydrogens (tertiary/aromatic N) is 1. The second-order valence-corrected chi connectivity index (χ2v) is 9.29. The lowest BCUT2D eigenvalue weighted by atomic mass is 9.79. The summed E-state index contributed by atoms with van der Waals surface area (Å²) in [6, 6.07) is 11.9. The van der Waals surface area contributed by atoms with Gasteiger partial charge >= 0.3 is 11.9 Å². The van der Waals surface area contributed by atoms with Crippen LogP contribution in [0.4, 0.5) is 0 Å². The molecule has 1 saturated carbocycles. The van der Waals surface area contributed by atoms with Gasteiger partial charge in [0.05, 0.1) is 13.5 Å². The van der Waals surface area contributed by atoms with Crippen molar-refractivity contribution >= 4 is 11.9 Å². The lowest BCUT2D eigenvalue weighted by Gasteiger charge is -2.49. The molecule has 1 fully saturated rings. The fourth-order valence-electron chi connectivity index (χ4n) is 4.69. The van der Waals surface area contributed by atoms with Crippen LogP contribution in [0.15, 0.2) is 36.4 Å². The number of hydroxylamine groups is 2. The zero-order valence-corrected chi connectivity index (χ0v) is 20.3. The van der Waals surface area contributed by atoms with E-state index in [-0.39, 0.29) is 37.9 Å². The number of ether oxygens (including phenoxy) is 2. The third kappa shape index (κ3) is 5.81. The van der Waals surface area contributed by atoms with Crippen LogP contribution < -0.4 is 0 Å². The molecule has 0 spiro atoms. The van der Waals surface area contributed by atoms with Gasteiger partial charge in [-0.1, -0.05) is 47.5 Å². The average Bonchev–Trinajstić information content (AvgIpc) is 2.77. The van der Waals surface area contributed by atoms with Crippen molar-refractivity contribution < 1.29 is 19.1 Å². The molecule has 0 bridgehead atoms. The first kappa shape index (κ1) is 24.9. The fraction of sp³-hybridized carbons (Fsp3) is 0.481. The summed E-state index contributed by atoms with van der Waals surface area (Å²) in [5.74, 6) is -0.811. The van der Waals surface area contributed by atoms with Crippen LogP contribution in [0.1, 0.15) is 59.1 Å². The Morgan fingerprint density at radius 1 is 0.970 bits per heavy atom. The van der Waals surface area contributed by atoms with E-state index in [1.807, 2.05) is 64.1 Å². The molecule has 33 heavy (non-hydrogen) atoms. The van der Waals surface area contributed by atoms with Crippen LogP contribution in [-0.4, -0.2) is 35.8 Å². The normalized spacial score (nSPS) is 20.5. The first-order valence-corrected chi connectivity index (χ1v) is 11.5. The molecular weight excluding hydrogens is 418 g/mol. The Kier molecular flexibility index (Phi) is 7.92. The molecule has 2 aromatic carbocycles. The molecular formula is C27H34NO5-. The Morgan fingerprint density at radius 3 is 2.03 bits per heavy atom. The first-order valence-electron chi connectivity index (χ1n) is 11.5. The van der Waals surface area contributed by atoms with Gasteiger partial charge in [-0.3, -0.25) is 9.59 Å². The van der Waals surface area contributed by atoms with Crippen LogP contribution in [0.5, 0.6) is 0 Å². The minimum Gasteiger partial charge on any atom is -0.784 e. The summed E-state index contributed by atoms with van der Waals surface area (Å²) in [6.07, 6.45) is 1.37. The molecule has 3 rings (SSSR count). The summed E-state index contributed by atoms with van der Waals surface area (Å²) in [6.45, 7) is 8.08. The third-order valence-corrected chi connectivity index (χ3v) is 6.75. The molecule has 0 saturated heterocycles. The average molecular weight is 453 g/mol. The maximum Gasteiger partial charge on any atom is 0.325 e. The molecule has 0 atom stereocenters. The SMILES string of the molecule is COC(=O)C1(N([O-])Cc2ccc(C)cc2C)CCC(OC(=O)Cc2ccc(C)cc2C)CC1. The monoisotopic (exact) mass is 452 g/mol. The van der Waals surface area contributed by atoms with E-state index >= 15 is 0 Å². The maximum absolute atomic E-state index is 13.3. The quantitative estimate of drug-likeness (QED) is 0.441. The fourth-order valence-corrected chi connectivity index (χ4v) is 4.69. The smallest absolute Gasteiger partial charge is 0.325 e. The lowest BCUT2D eigenvalue weighted by molar-refractivity contribution is -0.161. The third-order valence-electron chi connectivity index (χ3n) is 6.75. The number of carbonyl (C=O) groups is 2. The van der Waals surface area contributed by atoms with Gasteiger partial charge in [0.2, 0.25) is 0 Å². The van der Waals surface area contributed by atoms with E-state index in [1.165, 1.54) is 7.11 Å². The highest BCUT2D eigenvalue weighted by molar-refractivity contribution is 5.81. The molecule has 0 amide bonds. The van der Waals surface area contributed by atoms with E-state index in [0.29, 0.717) is 12.8 Å². The van der Waals surface area contributed by atoms with Gasteiger partial charge < -0.3 is 19.7 Å². The molecule has 0 N–H and O–H groups in total. The predicted octanol–water partition coefficient (Wildman–Crippen LogP) is 4.86. The summed E-state index contributed by atoms with van der Waals surface area (Å²) < 4.78 is 10.7. The number of benzene rings is 2. The van der Waals surface area contributed by atoms with Gasteiger partial charge in [-0.2, -0.15) is 0 Å². The first-order chi connectivity index (χ1) is 15.6. The molecule has 178 valence electrons. The number of rotatable bonds is 7. The summed E-state index contributed by atoms with van der Waals surface area (Å²) in [4.78, 5) is 25.2. The summed E-state index contributed by atoms with van der Waals surface area (Å²) >= 11 is 0. The van der Waals surface area contributed by atoms with Crippen molar-refractivity contribution in [2.75, 3.05) is 7.11 Å². The second-order valence-electron chi connectivity index (χ2n) is 9.29. The highest BCUT2D eigenvalue weighted by Crippen LogP contribution is 2.37. The van der Waals surface area contributed by atoms with Gasteiger partial charge in [-0.25, -0.2) is 0 Å². The van der Waals surface area contributed by atoms with E-state index in [9.17, 15) is 14.8 Å². The Labute approximate surface area is 196 Å². The van der Waals surface area contributed by atoms with Crippen LogP contribution >= 0.6 is 0 Å². The van der Waals surface area contributed by atoms with Crippen molar-refractivity contribution in [2.24, 2.45) is 0 Å². The Balaban J connectivity index is 1.64. The van der Waals surface area contributed by atoms with E-state index < -0.39 is 11.5 Å². The minimum atomic E-state index is -1.26. The van der Waals surface area contributed by atoms with Gasteiger partial charge in [-0.05, 0) is 75.6 Å². The molecule has 0 radical (unpaired) electrons. The summed E-state index contributed by atoms with van der Waals surface area (Å²) in [7, 11) is 1.31. The van der Waals surface area contributed by atoms with E-state index in [0.717, 1.165) is 38.4 Å². The van der Waals surface area contributed by atoms with Crippen LogP contribution in [0.3, 0.4) is 0 Å².